The minimum atomic E-state index is -4.94. The molecular weight excluding hydrogens is 1080 g/mol. The van der Waals surface area contributed by atoms with Crippen molar-refractivity contribution < 1.29 is 80.2 Å². The molecule has 480 valence electrons. The molecule has 0 bridgehead atoms. The summed E-state index contributed by atoms with van der Waals surface area (Å²) in [5, 5.41) is 10.5. The third kappa shape index (κ3) is 56.9. The summed E-state index contributed by atoms with van der Waals surface area (Å²) in [4.78, 5) is 71.8. The van der Waals surface area contributed by atoms with Crippen molar-refractivity contribution in [2.45, 2.75) is 323 Å². The molecule has 0 saturated heterocycles. The van der Waals surface area contributed by atoms with Gasteiger partial charge in [0.1, 0.15) is 19.3 Å². The molecule has 0 aliphatic heterocycles. The van der Waals surface area contributed by atoms with E-state index in [9.17, 15) is 43.2 Å². The minimum absolute atomic E-state index is 0.104. The van der Waals surface area contributed by atoms with Crippen molar-refractivity contribution in [3.8, 4) is 0 Å². The molecule has 5 atom stereocenters. The number of esters is 4. The number of rotatable bonds is 61. The number of aliphatic hydroxyl groups excluding tert-OH is 1. The molecule has 2 unspecified atom stereocenters. The number of ether oxygens (including phenoxy) is 4. The summed E-state index contributed by atoms with van der Waals surface area (Å²) in [6, 6.07) is 0. The predicted octanol–water partition coefficient (Wildman–Crippen LogP) is 16.9. The number of unbranched alkanes of at least 4 members (excludes halogenated alkanes) is 31. The van der Waals surface area contributed by atoms with Gasteiger partial charge in [-0.2, -0.15) is 0 Å². The highest BCUT2D eigenvalue weighted by atomic mass is 31.2. The van der Waals surface area contributed by atoms with E-state index in [-0.39, 0.29) is 25.7 Å². The molecule has 0 saturated carbocycles. The van der Waals surface area contributed by atoms with Gasteiger partial charge >= 0.3 is 39.5 Å². The molecule has 0 aromatic rings. The van der Waals surface area contributed by atoms with Crippen molar-refractivity contribution in [3.63, 3.8) is 0 Å². The Labute approximate surface area is 492 Å². The number of hydrogen-bond donors (Lipinski definition) is 3. The highest BCUT2D eigenvalue weighted by Crippen LogP contribution is 2.45. The van der Waals surface area contributed by atoms with Crippen molar-refractivity contribution in [3.05, 3.63) is 0 Å². The second-order valence-corrected chi connectivity index (χ2v) is 26.3. The lowest BCUT2D eigenvalue weighted by atomic mass is 10.0. The average molecular weight is 1200 g/mol. The first-order valence-electron chi connectivity index (χ1n) is 32.5. The highest BCUT2D eigenvalue weighted by molar-refractivity contribution is 7.47. The Morgan fingerprint density at radius 2 is 0.568 bits per heavy atom. The first-order chi connectivity index (χ1) is 38.9. The number of carbonyl (C=O) groups is 4. The number of aliphatic hydroxyl groups is 1. The first-order valence-corrected chi connectivity index (χ1v) is 35.5. The summed E-state index contributed by atoms with van der Waals surface area (Å²) in [6.07, 6.45) is 36.7. The van der Waals surface area contributed by atoms with E-state index in [4.69, 9.17) is 37.0 Å². The zero-order valence-electron chi connectivity index (χ0n) is 52.1. The molecule has 0 amide bonds. The van der Waals surface area contributed by atoms with Gasteiger partial charge in [-0.3, -0.25) is 37.3 Å². The molecule has 0 radical (unpaired) electrons. The zero-order valence-corrected chi connectivity index (χ0v) is 53.9. The maximum absolute atomic E-state index is 12.9. The fraction of sp³-hybridized carbons (Fsp3) is 0.935. The minimum Gasteiger partial charge on any atom is -0.462 e. The second-order valence-electron chi connectivity index (χ2n) is 23.4. The first kappa shape index (κ1) is 79.1. The number of phosphoric ester groups is 2. The van der Waals surface area contributed by atoms with Crippen molar-refractivity contribution in [2.75, 3.05) is 39.6 Å². The summed E-state index contributed by atoms with van der Waals surface area (Å²) < 4.78 is 67.7. The van der Waals surface area contributed by atoms with Crippen LogP contribution in [-0.4, -0.2) is 96.7 Å². The van der Waals surface area contributed by atoms with Gasteiger partial charge < -0.3 is 33.8 Å². The Bertz CT molecular complexity index is 1600. The van der Waals surface area contributed by atoms with Crippen LogP contribution in [0.1, 0.15) is 305 Å². The lowest BCUT2D eigenvalue weighted by Crippen LogP contribution is -2.30. The topological polar surface area (TPSA) is 237 Å². The van der Waals surface area contributed by atoms with Crippen LogP contribution in [0.3, 0.4) is 0 Å². The summed E-state index contributed by atoms with van der Waals surface area (Å²) >= 11 is 0. The van der Waals surface area contributed by atoms with Gasteiger partial charge in [0.25, 0.3) is 0 Å². The van der Waals surface area contributed by atoms with Crippen molar-refractivity contribution in [1.82, 2.24) is 0 Å². The largest absolute Gasteiger partial charge is 0.472 e. The van der Waals surface area contributed by atoms with Gasteiger partial charge in [-0.1, -0.05) is 253 Å². The van der Waals surface area contributed by atoms with Gasteiger partial charge in [-0.25, -0.2) is 9.13 Å². The van der Waals surface area contributed by atoms with Crippen LogP contribution in [0.15, 0.2) is 0 Å². The van der Waals surface area contributed by atoms with Crippen LogP contribution in [0, 0.1) is 11.8 Å². The van der Waals surface area contributed by atoms with Crippen LogP contribution in [0.2, 0.25) is 0 Å². The standard InChI is InChI=1S/C62H120O17P2/c1-7-9-11-13-14-21-27-34-40-46-61(66)78-57(50-72-59(64)44-38-30-12-10-8-2)52-76-80(68,69)74-48-56(63)49-75-81(70,71)77-53-58(51-73-60(65)45-39-33-29-24-26-32-37-43-55(5)6)79-62(67)47-41-35-28-23-20-18-16-15-17-19-22-25-31-36-42-54(3)4/h54-58,63H,7-53H2,1-6H3,(H,68,69)(H,70,71)/t56-,57+,58+/m0/s1. The van der Waals surface area contributed by atoms with E-state index in [2.05, 4.69) is 41.5 Å². The number of phosphoric acid groups is 2. The Morgan fingerprint density at radius 1 is 0.333 bits per heavy atom. The quantitative estimate of drug-likeness (QED) is 0.0222. The fourth-order valence-corrected chi connectivity index (χ4v) is 10.8. The van der Waals surface area contributed by atoms with E-state index in [1.807, 2.05) is 0 Å². The lowest BCUT2D eigenvalue weighted by Gasteiger charge is -2.21. The van der Waals surface area contributed by atoms with E-state index < -0.39 is 97.5 Å². The third-order valence-corrected chi connectivity index (χ3v) is 16.1. The number of hydrogen-bond acceptors (Lipinski definition) is 15. The van der Waals surface area contributed by atoms with Gasteiger partial charge in [0.15, 0.2) is 12.2 Å². The van der Waals surface area contributed by atoms with E-state index in [0.717, 1.165) is 109 Å². The molecule has 17 nitrogen and oxygen atoms in total. The van der Waals surface area contributed by atoms with E-state index in [1.165, 1.54) is 109 Å². The lowest BCUT2D eigenvalue weighted by molar-refractivity contribution is -0.161. The van der Waals surface area contributed by atoms with Gasteiger partial charge in [-0.05, 0) is 37.5 Å². The van der Waals surface area contributed by atoms with Crippen LogP contribution in [0.5, 0.6) is 0 Å². The monoisotopic (exact) mass is 1200 g/mol. The van der Waals surface area contributed by atoms with Crippen molar-refractivity contribution in [2.24, 2.45) is 11.8 Å². The molecule has 0 aromatic heterocycles. The average Bonchev–Trinajstić information content (AvgIpc) is 3.42. The molecule has 81 heavy (non-hydrogen) atoms. The van der Waals surface area contributed by atoms with Gasteiger partial charge in [0.2, 0.25) is 0 Å². The highest BCUT2D eigenvalue weighted by Gasteiger charge is 2.30. The van der Waals surface area contributed by atoms with Crippen LogP contribution in [0.4, 0.5) is 0 Å². The summed E-state index contributed by atoms with van der Waals surface area (Å²) in [6.45, 7) is 9.34. The maximum atomic E-state index is 12.9. The third-order valence-electron chi connectivity index (χ3n) is 14.2. The van der Waals surface area contributed by atoms with Crippen LogP contribution >= 0.6 is 15.6 Å². The van der Waals surface area contributed by atoms with Gasteiger partial charge in [-0.15, -0.1) is 0 Å². The van der Waals surface area contributed by atoms with E-state index >= 15 is 0 Å². The molecule has 0 heterocycles. The van der Waals surface area contributed by atoms with E-state index in [1.54, 1.807) is 0 Å². The second kappa shape index (κ2) is 54.7. The number of carbonyl (C=O) groups excluding carboxylic acids is 4. The molecule has 0 aliphatic rings. The fourth-order valence-electron chi connectivity index (χ4n) is 9.18. The summed E-state index contributed by atoms with van der Waals surface area (Å²) in [5.74, 6) is -0.649. The molecule has 3 N–H and O–H groups in total. The van der Waals surface area contributed by atoms with Gasteiger partial charge in [0.05, 0.1) is 26.4 Å². The summed E-state index contributed by atoms with van der Waals surface area (Å²) in [5.41, 5.74) is 0. The SMILES string of the molecule is CCCCCCCCCCCC(=O)O[C@H](COC(=O)CCCCCCC)COP(=O)(O)OC[C@H](O)COP(=O)(O)OC[C@@H](COC(=O)CCCCCCCCCC(C)C)OC(=O)CCCCCCCCCCCCCCCCC(C)C. The Kier molecular flexibility index (Phi) is 53.4. The van der Waals surface area contributed by atoms with Crippen molar-refractivity contribution in [1.29, 1.82) is 0 Å². The molecule has 0 aliphatic carbocycles. The molecule has 19 heteroatoms. The Balaban J connectivity index is 5.14. The molecule has 0 fully saturated rings. The molecule has 0 aromatic carbocycles. The van der Waals surface area contributed by atoms with Crippen LogP contribution in [0.25, 0.3) is 0 Å². The molecular formula is C62H120O17P2. The predicted molar refractivity (Wildman–Crippen MR) is 321 cm³/mol. The smallest absolute Gasteiger partial charge is 0.462 e. The van der Waals surface area contributed by atoms with Crippen molar-refractivity contribution >= 4 is 39.5 Å². The van der Waals surface area contributed by atoms with Gasteiger partial charge in [0, 0.05) is 25.7 Å². The Morgan fingerprint density at radius 3 is 0.840 bits per heavy atom. The molecule has 0 spiro atoms. The maximum Gasteiger partial charge on any atom is 0.472 e. The molecule has 0 rings (SSSR count). The summed E-state index contributed by atoms with van der Waals surface area (Å²) in [7, 11) is -9.87. The zero-order chi connectivity index (χ0) is 60.1. The Hall–Kier alpha value is -1.94. The normalized spacial score (nSPS) is 14.4. The van der Waals surface area contributed by atoms with Crippen LogP contribution < -0.4 is 0 Å². The van der Waals surface area contributed by atoms with Crippen LogP contribution in [-0.2, 0) is 65.4 Å². The van der Waals surface area contributed by atoms with E-state index in [0.29, 0.717) is 31.6 Å².